The van der Waals surface area contributed by atoms with Crippen LogP contribution in [0.4, 0.5) is 8.78 Å². The number of fused-ring (bicyclic) bond motifs is 1. The molecule has 2 aromatic carbocycles. The van der Waals surface area contributed by atoms with Crippen LogP contribution in [0.5, 0.6) is 11.5 Å². The maximum atomic E-state index is 13.5. The molecule has 31 heavy (non-hydrogen) atoms. The van der Waals surface area contributed by atoms with Crippen molar-refractivity contribution >= 4 is 15.9 Å². The number of nitrogens with one attached hydrogen (secondary N) is 1. The molecule has 0 spiro atoms. The minimum atomic E-state index is -3.95. The molecule has 1 fully saturated rings. The van der Waals surface area contributed by atoms with Gasteiger partial charge in [0.1, 0.15) is 19.3 Å². The summed E-state index contributed by atoms with van der Waals surface area (Å²) in [5.41, 5.74) is 0.381. The molecule has 0 aliphatic carbocycles. The van der Waals surface area contributed by atoms with E-state index in [1.165, 1.54) is 28.6 Å². The average Bonchev–Trinajstić information content (AvgIpc) is 3.26. The van der Waals surface area contributed by atoms with Crippen molar-refractivity contribution < 1.29 is 31.5 Å². The molecule has 0 aromatic heterocycles. The summed E-state index contributed by atoms with van der Waals surface area (Å²) in [6.07, 6.45) is 0.890. The number of hydrogen-bond acceptors (Lipinski definition) is 5. The van der Waals surface area contributed by atoms with Crippen molar-refractivity contribution in [3.8, 4) is 11.5 Å². The number of halogens is 2. The van der Waals surface area contributed by atoms with E-state index in [1.54, 1.807) is 6.92 Å². The first-order valence-corrected chi connectivity index (χ1v) is 11.4. The number of carbonyl (C=O) groups is 1. The summed E-state index contributed by atoms with van der Waals surface area (Å²) < 4.78 is 65.2. The molecule has 2 heterocycles. The molecule has 166 valence electrons. The van der Waals surface area contributed by atoms with Crippen LogP contribution in [0.15, 0.2) is 41.3 Å². The maximum absolute atomic E-state index is 13.5. The molecular weight excluding hydrogens is 430 g/mol. The Morgan fingerprint density at radius 2 is 1.84 bits per heavy atom. The number of sulfonamides is 1. The lowest BCUT2D eigenvalue weighted by Gasteiger charge is -2.26. The molecule has 1 N–H and O–H groups in total. The molecule has 2 atom stereocenters. The Kier molecular flexibility index (Phi) is 5.85. The number of carbonyl (C=O) groups excluding carboxylic acids is 1. The summed E-state index contributed by atoms with van der Waals surface area (Å²) in [7, 11) is -3.95. The van der Waals surface area contributed by atoms with Crippen molar-refractivity contribution in [2.45, 2.75) is 36.7 Å². The lowest BCUT2D eigenvalue weighted by molar-refractivity contribution is -0.124. The van der Waals surface area contributed by atoms with Crippen molar-refractivity contribution in [3.63, 3.8) is 0 Å². The van der Waals surface area contributed by atoms with E-state index in [0.29, 0.717) is 43.1 Å². The van der Waals surface area contributed by atoms with Crippen LogP contribution in [0.2, 0.25) is 0 Å². The molecule has 0 bridgehead atoms. The van der Waals surface area contributed by atoms with Gasteiger partial charge in [-0.1, -0.05) is 6.07 Å². The van der Waals surface area contributed by atoms with Gasteiger partial charge in [0, 0.05) is 12.6 Å². The highest BCUT2D eigenvalue weighted by molar-refractivity contribution is 7.89. The van der Waals surface area contributed by atoms with Crippen LogP contribution < -0.4 is 14.8 Å². The third kappa shape index (κ3) is 4.22. The maximum Gasteiger partial charge on any atom is 0.243 e. The summed E-state index contributed by atoms with van der Waals surface area (Å²) in [6.45, 7) is 2.55. The van der Waals surface area contributed by atoms with Gasteiger partial charge in [0.25, 0.3) is 0 Å². The monoisotopic (exact) mass is 452 g/mol. The smallest absolute Gasteiger partial charge is 0.243 e. The van der Waals surface area contributed by atoms with Crippen molar-refractivity contribution in [2.24, 2.45) is 0 Å². The average molecular weight is 452 g/mol. The van der Waals surface area contributed by atoms with Crippen molar-refractivity contribution in [1.29, 1.82) is 0 Å². The number of ether oxygens (including phenoxy) is 2. The standard InChI is InChI=1S/C21H22F2N2O5S/c1-13(14-4-6-16(22)17(23)11-14)24-21(26)18-3-2-8-25(18)31(27,28)15-5-7-19-20(12-15)30-10-9-29-19/h4-7,11-13,18H,2-3,8-10H2,1H3,(H,24,26). The van der Waals surface area contributed by atoms with Gasteiger partial charge in [0.2, 0.25) is 15.9 Å². The molecule has 10 heteroatoms. The fraction of sp³-hybridized carbons (Fsp3) is 0.381. The Bertz CT molecular complexity index is 1110. The first kappa shape index (κ1) is 21.5. The fourth-order valence-electron chi connectivity index (χ4n) is 3.78. The Labute approximate surface area is 179 Å². The van der Waals surface area contributed by atoms with Gasteiger partial charge in [0.15, 0.2) is 23.1 Å². The molecule has 2 unspecified atom stereocenters. The summed E-state index contributed by atoms with van der Waals surface area (Å²) in [6, 6.07) is 6.23. The second kappa shape index (κ2) is 8.43. The van der Waals surface area contributed by atoms with Gasteiger partial charge in [-0.25, -0.2) is 17.2 Å². The topological polar surface area (TPSA) is 84.9 Å². The third-order valence-electron chi connectivity index (χ3n) is 5.43. The van der Waals surface area contributed by atoms with E-state index in [0.717, 1.165) is 12.1 Å². The van der Waals surface area contributed by atoms with Crippen molar-refractivity contribution in [1.82, 2.24) is 9.62 Å². The molecule has 7 nitrogen and oxygen atoms in total. The molecule has 1 amide bonds. The van der Waals surface area contributed by atoms with Crippen molar-refractivity contribution in [2.75, 3.05) is 19.8 Å². The SMILES string of the molecule is CC(NC(=O)C1CCCN1S(=O)(=O)c1ccc2c(c1)OCCO2)c1ccc(F)c(F)c1. The highest BCUT2D eigenvalue weighted by Crippen LogP contribution is 2.35. The van der Waals surface area contributed by atoms with E-state index in [1.807, 2.05) is 0 Å². The van der Waals surface area contributed by atoms with Crippen molar-refractivity contribution in [3.05, 3.63) is 53.6 Å². The van der Waals surface area contributed by atoms with E-state index in [4.69, 9.17) is 9.47 Å². The van der Waals surface area contributed by atoms with Crippen LogP contribution in [0.1, 0.15) is 31.4 Å². The fourth-order valence-corrected chi connectivity index (χ4v) is 5.46. The Hall–Kier alpha value is -2.72. The Morgan fingerprint density at radius 1 is 1.10 bits per heavy atom. The largest absolute Gasteiger partial charge is 0.486 e. The molecular formula is C21H22F2N2O5S. The van der Waals surface area contributed by atoms with E-state index < -0.39 is 39.6 Å². The predicted octanol–water partition coefficient (Wildman–Crippen LogP) is 2.77. The Morgan fingerprint density at radius 3 is 2.58 bits per heavy atom. The first-order valence-electron chi connectivity index (χ1n) is 9.94. The zero-order valence-electron chi connectivity index (χ0n) is 16.8. The molecule has 2 aromatic rings. The van der Waals surface area contributed by atoms with Gasteiger partial charge in [-0.2, -0.15) is 4.31 Å². The lowest BCUT2D eigenvalue weighted by Crippen LogP contribution is -2.46. The quantitative estimate of drug-likeness (QED) is 0.754. The minimum absolute atomic E-state index is 0.0186. The van der Waals surface area contributed by atoms with E-state index >= 15 is 0 Å². The van der Waals surface area contributed by atoms with Crippen LogP contribution in [0.25, 0.3) is 0 Å². The van der Waals surface area contributed by atoms with E-state index in [9.17, 15) is 22.0 Å². The van der Waals surface area contributed by atoms with Gasteiger partial charge in [0.05, 0.1) is 10.9 Å². The number of benzene rings is 2. The van der Waals surface area contributed by atoms with Crippen LogP contribution in [-0.4, -0.2) is 44.4 Å². The lowest BCUT2D eigenvalue weighted by atomic mass is 10.1. The molecule has 2 aliphatic rings. The highest BCUT2D eigenvalue weighted by atomic mass is 32.2. The zero-order valence-corrected chi connectivity index (χ0v) is 17.6. The second-order valence-electron chi connectivity index (χ2n) is 7.48. The highest BCUT2D eigenvalue weighted by Gasteiger charge is 2.40. The van der Waals surface area contributed by atoms with Gasteiger partial charge in [-0.3, -0.25) is 4.79 Å². The molecule has 4 rings (SSSR count). The summed E-state index contributed by atoms with van der Waals surface area (Å²) >= 11 is 0. The summed E-state index contributed by atoms with van der Waals surface area (Å²) in [4.78, 5) is 12.9. The second-order valence-corrected chi connectivity index (χ2v) is 9.37. The van der Waals surface area contributed by atoms with E-state index in [2.05, 4.69) is 5.32 Å². The van der Waals surface area contributed by atoms with E-state index in [-0.39, 0.29) is 11.4 Å². The van der Waals surface area contributed by atoms with Gasteiger partial charge in [-0.15, -0.1) is 0 Å². The summed E-state index contributed by atoms with van der Waals surface area (Å²) in [5.74, 6) is -1.66. The van der Waals surface area contributed by atoms with Crippen LogP contribution in [-0.2, 0) is 14.8 Å². The number of nitrogens with zero attached hydrogens (tertiary/aromatic N) is 1. The normalized spacial score (nSPS) is 19.8. The Balaban J connectivity index is 1.52. The number of amides is 1. The molecule has 1 saturated heterocycles. The molecule has 0 saturated carbocycles. The van der Waals surface area contributed by atoms with Gasteiger partial charge >= 0.3 is 0 Å². The summed E-state index contributed by atoms with van der Waals surface area (Å²) in [5, 5.41) is 2.71. The van der Waals surface area contributed by atoms with Crippen LogP contribution in [0.3, 0.4) is 0 Å². The number of rotatable bonds is 5. The first-order chi connectivity index (χ1) is 14.8. The van der Waals surface area contributed by atoms with Gasteiger partial charge in [-0.05, 0) is 49.6 Å². The third-order valence-corrected chi connectivity index (χ3v) is 7.33. The molecule has 2 aliphatic heterocycles. The minimum Gasteiger partial charge on any atom is -0.486 e. The van der Waals surface area contributed by atoms with Crippen LogP contribution >= 0.6 is 0 Å². The molecule has 0 radical (unpaired) electrons. The van der Waals surface area contributed by atoms with Gasteiger partial charge < -0.3 is 14.8 Å². The van der Waals surface area contributed by atoms with Crippen LogP contribution in [0, 0.1) is 11.6 Å². The number of hydrogen-bond donors (Lipinski definition) is 1. The zero-order chi connectivity index (χ0) is 22.2. The predicted molar refractivity (Wildman–Crippen MR) is 107 cm³/mol.